The minimum atomic E-state index is -0.653. The van der Waals surface area contributed by atoms with Gasteiger partial charge in [0, 0.05) is 24.1 Å². The summed E-state index contributed by atoms with van der Waals surface area (Å²) in [5, 5.41) is 16.7. The van der Waals surface area contributed by atoms with Crippen LogP contribution in [0.4, 0.5) is 0 Å². The van der Waals surface area contributed by atoms with Crippen LogP contribution in [0.2, 0.25) is 4.34 Å². The number of rotatable bonds is 8. The van der Waals surface area contributed by atoms with E-state index in [9.17, 15) is 5.11 Å². The average Bonchev–Trinajstić information content (AvgIpc) is 3.22. The number of guanidine groups is 1. The molecule has 144 valence electrons. The molecule has 0 saturated carbocycles. The Balaban J connectivity index is 0.00000312. The molecular formula is C16H27ClIN3O3S. The van der Waals surface area contributed by atoms with Crippen molar-refractivity contribution < 1.29 is 14.6 Å². The van der Waals surface area contributed by atoms with Gasteiger partial charge in [0.25, 0.3) is 0 Å². The Morgan fingerprint density at radius 1 is 1.56 bits per heavy atom. The van der Waals surface area contributed by atoms with E-state index in [0.717, 1.165) is 24.4 Å². The highest BCUT2D eigenvalue weighted by atomic mass is 127. The summed E-state index contributed by atoms with van der Waals surface area (Å²) in [5.41, 5.74) is 0. The quantitative estimate of drug-likeness (QED) is 0.289. The van der Waals surface area contributed by atoms with Gasteiger partial charge in [0.05, 0.1) is 30.2 Å². The second-order valence-corrected chi connectivity index (χ2v) is 7.49. The van der Waals surface area contributed by atoms with E-state index < -0.39 is 6.10 Å². The van der Waals surface area contributed by atoms with Gasteiger partial charge in [-0.3, -0.25) is 4.99 Å². The van der Waals surface area contributed by atoms with Crippen molar-refractivity contribution in [2.24, 2.45) is 4.99 Å². The molecule has 1 aromatic heterocycles. The van der Waals surface area contributed by atoms with E-state index >= 15 is 0 Å². The number of hydrogen-bond donors (Lipinski definition) is 3. The van der Waals surface area contributed by atoms with Gasteiger partial charge < -0.3 is 25.2 Å². The summed E-state index contributed by atoms with van der Waals surface area (Å²) in [6.07, 6.45) is 0.496. The third kappa shape index (κ3) is 8.40. The number of aliphatic hydroxyl groups is 1. The van der Waals surface area contributed by atoms with Gasteiger partial charge in [-0.15, -0.1) is 35.3 Å². The Kier molecular flexibility index (Phi) is 11.3. The predicted octanol–water partition coefficient (Wildman–Crippen LogP) is 2.80. The lowest BCUT2D eigenvalue weighted by Gasteiger charge is -2.20. The molecule has 6 nitrogen and oxygen atoms in total. The lowest BCUT2D eigenvalue weighted by molar-refractivity contribution is 0.0347. The molecule has 1 aromatic rings. The SMILES string of the molecule is CCNC(=NCC(O)c1ccc(Cl)s1)NC(C)COC1CCOC1.I. The van der Waals surface area contributed by atoms with Crippen molar-refractivity contribution >= 4 is 52.9 Å². The van der Waals surface area contributed by atoms with Crippen LogP contribution in [0.5, 0.6) is 0 Å². The molecule has 0 aliphatic carbocycles. The van der Waals surface area contributed by atoms with Gasteiger partial charge in [-0.1, -0.05) is 11.6 Å². The highest BCUT2D eigenvalue weighted by molar-refractivity contribution is 14.0. The molecule has 0 spiro atoms. The molecule has 25 heavy (non-hydrogen) atoms. The third-order valence-electron chi connectivity index (χ3n) is 3.54. The zero-order chi connectivity index (χ0) is 17.4. The van der Waals surface area contributed by atoms with Gasteiger partial charge in [0.15, 0.2) is 5.96 Å². The molecule has 1 saturated heterocycles. The fourth-order valence-corrected chi connectivity index (χ4v) is 3.33. The Morgan fingerprint density at radius 2 is 2.36 bits per heavy atom. The molecule has 0 aromatic carbocycles. The van der Waals surface area contributed by atoms with Crippen LogP contribution in [-0.2, 0) is 9.47 Å². The van der Waals surface area contributed by atoms with E-state index in [2.05, 4.69) is 15.6 Å². The summed E-state index contributed by atoms with van der Waals surface area (Å²) >= 11 is 7.27. The first-order valence-corrected chi connectivity index (χ1v) is 9.45. The fraction of sp³-hybridized carbons (Fsp3) is 0.688. The maximum atomic E-state index is 10.2. The minimum absolute atomic E-state index is 0. The largest absolute Gasteiger partial charge is 0.386 e. The average molecular weight is 504 g/mol. The molecule has 0 radical (unpaired) electrons. The lowest BCUT2D eigenvalue weighted by atomic mass is 10.3. The van der Waals surface area contributed by atoms with Crippen LogP contribution in [-0.4, -0.2) is 56.1 Å². The minimum Gasteiger partial charge on any atom is -0.386 e. The second kappa shape index (κ2) is 12.3. The number of ether oxygens (including phenoxy) is 2. The normalized spacial score (nSPS) is 20.0. The molecule has 3 unspecified atom stereocenters. The summed E-state index contributed by atoms with van der Waals surface area (Å²) in [7, 11) is 0. The number of nitrogens with zero attached hydrogens (tertiary/aromatic N) is 1. The molecule has 2 rings (SSSR count). The zero-order valence-electron chi connectivity index (χ0n) is 14.5. The van der Waals surface area contributed by atoms with Crippen LogP contribution in [0.3, 0.4) is 0 Å². The van der Waals surface area contributed by atoms with Crippen LogP contribution < -0.4 is 10.6 Å². The molecular weight excluding hydrogens is 477 g/mol. The van der Waals surface area contributed by atoms with Crippen molar-refractivity contribution in [2.45, 2.75) is 38.5 Å². The smallest absolute Gasteiger partial charge is 0.191 e. The Hall–Kier alpha value is -0.130. The van der Waals surface area contributed by atoms with Crippen molar-refractivity contribution in [2.75, 3.05) is 32.9 Å². The first-order chi connectivity index (χ1) is 11.6. The molecule has 1 aliphatic rings. The summed E-state index contributed by atoms with van der Waals surface area (Å²) in [5.74, 6) is 0.665. The van der Waals surface area contributed by atoms with E-state index in [1.165, 1.54) is 11.3 Å². The summed E-state index contributed by atoms with van der Waals surface area (Å²) < 4.78 is 11.8. The molecule has 3 atom stereocenters. The first-order valence-electron chi connectivity index (χ1n) is 8.26. The van der Waals surface area contributed by atoms with E-state index in [1.54, 1.807) is 6.07 Å². The van der Waals surface area contributed by atoms with E-state index in [0.29, 0.717) is 23.5 Å². The summed E-state index contributed by atoms with van der Waals surface area (Å²) in [6, 6.07) is 3.72. The molecule has 0 amide bonds. The lowest BCUT2D eigenvalue weighted by Crippen LogP contribution is -2.44. The Bertz CT molecular complexity index is 526. The van der Waals surface area contributed by atoms with Crippen LogP contribution in [0.15, 0.2) is 17.1 Å². The van der Waals surface area contributed by atoms with E-state index in [1.807, 2.05) is 19.9 Å². The van der Waals surface area contributed by atoms with Crippen molar-refractivity contribution in [3.63, 3.8) is 0 Å². The zero-order valence-corrected chi connectivity index (χ0v) is 18.4. The van der Waals surface area contributed by atoms with Crippen LogP contribution >= 0.6 is 46.9 Å². The fourth-order valence-electron chi connectivity index (χ4n) is 2.29. The van der Waals surface area contributed by atoms with Crippen molar-refractivity contribution in [1.29, 1.82) is 0 Å². The Labute approximate surface area is 175 Å². The monoisotopic (exact) mass is 503 g/mol. The number of aliphatic imine (C=N–C) groups is 1. The molecule has 1 fully saturated rings. The number of halogens is 2. The van der Waals surface area contributed by atoms with Crippen molar-refractivity contribution in [3.05, 3.63) is 21.3 Å². The van der Waals surface area contributed by atoms with Crippen molar-refractivity contribution in [1.82, 2.24) is 10.6 Å². The number of thiophene rings is 1. The van der Waals surface area contributed by atoms with Gasteiger partial charge >= 0.3 is 0 Å². The van der Waals surface area contributed by atoms with Crippen LogP contribution in [0.25, 0.3) is 0 Å². The predicted molar refractivity (Wildman–Crippen MR) is 113 cm³/mol. The van der Waals surface area contributed by atoms with Gasteiger partial charge in [0.2, 0.25) is 0 Å². The van der Waals surface area contributed by atoms with E-state index in [-0.39, 0.29) is 42.7 Å². The van der Waals surface area contributed by atoms with Gasteiger partial charge in [-0.2, -0.15) is 0 Å². The Morgan fingerprint density at radius 3 is 2.96 bits per heavy atom. The van der Waals surface area contributed by atoms with Crippen molar-refractivity contribution in [3.8, 4) is 0 Å². The molecule has 9 heteroatoms. The first kappa shape index (κ1) is 22.9. The number of nitrogens with one attached hydrogen (secondary N) is 2. The van der Waals surface area contributed by atoms with Crippen LogP contribution in [0, 0.1) is 0 Å². The maximum absolute atomic E-state index is 10.2. The molecule has 3 N–H and O–H groups in total. The second-order valence-electron chi connectivity index (χ2n) is 5.74. The van der Waals surface area contributed by atoms with Gasteiger partial charge in [-0.05, 0) is 32.4 Å². The third-order valence-corrected chi connectivity index (χ3v) is 4.87. The molecule has 2 heterocycles. The maximum Gasteiger partial charge on any atom is 0.191 e. The number of hydrogen-bond acceptors (Lipinski definition) is 5. The van der Waals surface area contributed by atoms with Gasteiger partial charge in [0.1, 0.15) is 6.10 Å². The van der Waals surface area contributed by atoms with Crippen LogP contribution in [0.1, 0.15) is 31.2 Å². The highest BCUT2D eigenvalue weighted by Gasteiger charge is 2.17. The van der Waals surface area contributed by atoms with Gasteiger partial charge in [-0.25, -0.2) is 0 Å². The highest BCUT2D eigenvalue weighted by Crippen LogP contribution is 2.26. The standard InChI is InChI=1S/C16H26ClN3O3S.HI/c1-3-18-16(19-8-13(21)14-4-5-15(17)24-14)20-11(2)9-23-12-6-7-22-10-12;/h4-5,11-13,21H,3,6-10H2,1-2H3,(H2,18,19,20);1H. The summed E-state index contributed by atoms with van der Waals surface area (Å²) in [6.45, 7) is 7.11. The molecule has 1 aliphatic heterocycles. The summed E-state index contributed by atoms with van der Waals surface area (Å²) in [4.78, 5) is 5.26. The topological polar surface area (TPSA) is 75.1 Å². The number of aliphatic hydroxyl groups excluding tert-OH is 1. The van der Waals surface area contributed by atoms with E-state index in [4.69, 9.17) is 21.1 Å². The molecule has 0 bridgehead atoms.